The highest BCUT2D eigenvalue weighted by molar-refractivity contribution is 6.03. The molecule has 1 saturated heterocycles. The van der Waals surface area contributed by atoms with Crippen molar-refractivity contribution >= 4 is 23.8 Å². The van der Waals surface area contributed by atoms with Gasteiger partial charge in [0.05, 0.1) is 0 Å². The number of likely N-dealkylation sites (tertiary alicyclic amines) is 1. The molecule has 0 radical (unpaired) electrons. The zero-order valence-corrected chi connectivity index (χ0v) is 11.1. The summed E-state index contributed by atoms with van der Waals surface area (Å²) in [6.07, 6.45) is 3.22. The second kappa shape index (κ2) is 7.27. The van der Waals surface area contributed by atoms with Crippen LogP contribution in [0.3, 0.4) is 0 Å². The van der Waals surface area contributed by atoms with Gasteiger partial charge in [-0.25, -0.2) is 9.59 Å². The number of amides is 4. The van der Waals surface area contributed by atoms with Crippen molar-refractivity contribution in [2.45, 2.75) is 25.8 Å². The van der Waals surface area contributed by atoms with E-state index in [1.165, 1.54) is 6.92 Å². The average molecular weight is 283 g/mol. The molecule has 8 heteroatoms. The van der Waals surface area contributed by atoms with Gasteiger partial charge in [-0.1, -0.05) is 0 Å². The molecule has 1 fully saturated rings. The number of imide groups is 1. The van der Waals surface area contributed by atoms with Gasteiger partial charge in [-0.05, 0) is 19.8 Å². The first-order valence-electron chi connectivity index (χ1n) is 6.21. The van der Waals surface area contributed by atoms with Crippen LogP contribution in [0.2, 0.25) is 0 Å². The molecule has 1 atom stereocenters. The van der Waals surface area contributed by atoms with Crippen molar-refractivity contribution in [2.24, 2.45) is 0 Å². The van der Waals surface area contributed by atoms with Crippen LogP contribution in [0, 0.1) is 0 Å². The molecule has 1 unspecified atom stereocenters. The Morgan fingerprint density at radius 1 is 1.15 bits per heavy atom. The van der Waals surface area contributed by atoms with E-state index in [1.54, 1.807) is 4.90 Å². The minimum atomic E-state index is -1.29. The Morgan fingerprint density at radius 3 is 2.30 bits per heavy atom. The van der Waals surface area contributed by atoms with Crippen molar-refractivity contribution in [3.05, 3.63) is 12.2 Å². The fourth-order valence-corrected chi connectivity index (χ4v) is 1.81. The monoisotopic (exact) mass is 283 g/mol. The Morgan fingerprint density at radius 2 is 1.75 bits per heavy atom. The molecule has 1 heterocycles. The molecule has 1 aliphatic rings. The Balaban J connectivity index is 2.39. The first-order valence-corrected chi connectivity index (χ1v) is 6.21. The lowest BCUT2D eigenvalue weighted by atomic mass is 10.3. The number of hydrogen-bond donors (Lipinski definition) is 3. The van der Waals surface area contributed by atoms with Gasteiger partial charge in [0.1, 0.15) is 6.04 Å². The van der Waals surface area contributed by atoms with Crippen molar-refractivity contribution in [1.82, 2.24) is 15.5 Å². The van der Waals surface area contributed by atoms with Crippen LogP contribution in [0.5, 0.6) is 0 Å². The number of hydrogen-bond acceptors (Lipinski definition) is 4. The zero-order valence-electron chi connectivity index (χ0n) is 11.1. The van der Waals surface area contributed by atoms with Gasteiger partial charge >= 0.3 is 12.0 Å². The summed E-state index contributed by atoms with van der Waals surface area (Å²) in [6.45, 7) is 2.87. The third-order valence-electron chi connectivity index (χ3n) is 2.75. The van der Waals surface area contributed by atoms with E-state index >= 15 is 0 Å². The number of urea groups is 1. The summed E-state index contributed by atoms with van der Waals surface area (Å²) < 4.78 is 0. The lowest BCUT2D eigenvalue weighted by Crippen LogP contribution is -2.50. The molecular weight excluding hydrogens is 266 g/mol. The van der Waals surface area contributed by atoms with Gasteiger partial charge in [0, 0.05) is 25.2 Å². The van der Waals surface area contributed by atoms with Crippen molar-refractivity contribution < 1.29 is 24.3 Å². The van der Waals surface area contributed by atoms with Crippen LogP contribution >= 0.6 is 0 Å². The van der Waals surface area contributed by atoms with Crippen LogP contribution in [0.4, 0.5) is 4.79 Å². The van der Waals surface area contributed by atoms with E-state index in [9.17, 15) is 19.2 Å². The molecule has 0 aromatic carbocycles. The number of carboxylic acid groups (broad SMARTS) is 1. The quantitative estimate of drug-likeness (QED) is 0.599. The number of aliphatic carboxylic acids is 1. The van der Waals surface area contributed by atoms with E-state index in [1.807, 2.05) is 5.32 Å². The number of carbonyl (C=O) groups is 4. The maximum Gasteiger partial charge on any atom is 0.328 e. The zero-order chi connectivity index (χ0) is 15.1. The molecule has 0 aromatic rings. The van der Waals surface area contributed by atoms with Gasteiger partial charge in [0.15, 0.2) is 0 Å². The first kappa shape index (κ1) is 15.7. The second-order valence-corrected chi connectivity index (χ2v) is 4.39. The predicted octanol–water partition coefficient (Wildman–Crippen LogP) is -0.536. The summed E-state index contributed by atoms with van der Waals surface area (Å²) in [4.78, 5) is 46.3. The van der Waals surface area contributed by atoms with Gasteiger partial charge in [0.25, 0.3) is 5.91 Å². The van der Waals surface area contributed by atoms with Crippen LogP contribution < -0.4 is 10.6 Å². The molecule has 8 nitrogen and oxygen atoms in total. The number of nitrogens with one attached hydrogen (secondary N) is 2. The van der Waals surface area contributed by atoms with Crippen molar-refractivity contribution in [1.29, 1.82) is 0 Å². The lowest BCUT2D eigenvalue weighted by molar-refractivity contribution is -0.132. The van der Waals surface area contributed by atoms with Crippen LogP contribution in [0.15, 0.2) is 12.2 Å². The number of nitrogens with zero attached hydrogens (tertiary/aromatic N) is 1. The van der Waals surface area contributed by atoms with Gasteiger partial charge in [-0.2, -0.15) is 0 Å². The van der Waals surface area contributed by atoms with Crippen LogP contribution in [0.1, 0.15) is 19.8 Å². The van der Waals surface area contributed by atoms with E-state index in [0.717, 1.165) is 18.9 Å². The van der Waals surface area contributed by atoms with E-state index in [0.29, 0.717) is 19.2 Å². The normalized spacial score (nSPS) is 15.9. The van der Waals surface area contributed by atoms with Crippen LogP contribution in [0.25, 0.3) is 0 Å². The third-order valence-corrected chi connectivity index (χ3v) is 2.75. The van der Waals surface area contributed by atoms with E-state index in [2.05, 4.69) is 5.32 Å². The minimum absolute atomic E-state index is 0.203. The molecule has 1 rings (SSSR count). The van der Waals surface area contributed by atoms with E-state index < -0.39 is 23.9 Å². The molecule has 1 aliphatic heterocycles. The highest BCUT2D eigenvalue weighted by Crippen LogP contribution is 2.08. The van der Waals surface area contributed by atoms with Crippen LogP contribution in [-0.2, 0) is 14.4 Å². The molecule has 4 amide bonds. The number of carbonyl (C=O) groups excluding carboxylic acids is 3. The Labute approximate surface area is 115 Å². The van der Waals surface area contributed by atoms with Crippen molar-refractivity contribution in [2.75, 3.05) is 13.1 Å². The Hall–Kier alpha value is -2.38. The molecule has 0 aromatic heterocycles. The standard InChI is InChI=1S/C12H17N3O5/c1-8(11(19)15-6-2-3-7-15)13-12(20)14-9(16)4-5-10(17)18/h4-5,8H,2-3,6-7H2,1H3,(H,17,18)(H2,13,14,16,20)/b5-4+. The van der Waals surface area contributed by atoms with Gasteiger partial charge < -0.3 is 15.3 Å². The summed E-state index contributed by atoms with van der Waals surface area (Å²) in [5.74, 6) is -2.37. The highest BCUT2D eigenvalue weighted by Gasteiger charge is 2.24. The fourth-order valence-electron chi connectivity index (χ4n) is 1.81. The highest BCUT2D eigenvalue weighted by atomic mass is 16.4. The van der Waals surface area contributed by atoms with Gasteiger partial charge in [-0.15, -0.1) is 0 Å². The molecule has 20 heavy (non-hydrogen) atoms. The fraction of sp³-hybridized carbons (Fsp3) is 0.500. The molecule has 0 saturated carbocycles. The topological polar surface area (TPSA) is 116 Å². The molecule has 110 valence electrons. The smallest absolute Gasteiger partial charge is 0.328 e. The summed E-state index contributed by atoms with van der Waals surface area (Å²) in [5, 5.41) is 12.6. The Kier molecular flexibility index (Phi) is 5.70. The molecule has 0 bridgehead atoms. The third kappa shape index (κ3) is 5.09. The molecule has 0 spiro atoms. The lowest BCUT2D eigenvalue weighted by Gasteiger charge is -2.20. The van der Waals surface area contributed by atoms with Gasteiger partial charge in [0.2, 0.25) is 5.91 Å². The summed E-state index contributed by atoms with van der Waals surface area (Å²) >= 11 is 0. The summed E-state index contributed by atoms with van der Waals surface area (Å²) in [7, 11) is 0. The maximum atomic E-state index is 11.9. The van der Waals surface area contributed by atoms with Gasteiger partial charge in [-0.3, -0.25) is 14.9 Å². The summed E-state index contributed by atoms with van der Waals surface area (Å²) in [6, 6.07) is -1.59. The molecule has 0 aliphatic carbocycles. The molecular formula is C12H17N3O5. The largest absolute Gasteiger partial charge is 0.478 e. The predicted molar refractivity (Wildman–Crippen MR) is 68.7 cm³/mol. The van der Waals surface area contributed by atoms with Crippen molar-refractivity contribution in [3.8, 4) is 0 Å². The average Bonchev–Trinajstić information content (AvgIpc) is 2.88. The number of carboxylic acids is 1. The maximum absolute atomic E-state index is 11.9. The minimum Gasteiger partial charge on any atom is -0.478 e. The summed E-state index contributed by atoms with van der Waals surface area (Å²) in [5.41, 5.74) is 0. The van der Waals surface area contributed by atoms with E-state index in [-0.39, 0.29) is 5.91 Å². The Bertz CT molecular complexity index is 440. The van der Waals surface area contributed by atoms with E-state index in [4.69, 9.17) is 5.11 Å². The SMILES string of the molecule is CC(NC(=O)NC(=O)/C=C/C(=O)O)C(=O)N1CCCC1. The first-order chi connectivity index (χ1) is 9.40. The molecule has 3 N–H and O–H groups in total. The van der Waals surface area contributed by atoms with Crippen molar-refractivity contribution in [3.63, 3.8) is 0 Å². The second-order valence-electron chi connectivity index (χ2n) is 4.39. The number of rotatable bonds is 4. The van der Waals surface area contributed by atoms with Crippen LogP contribution in [-0.4, -0.2) is 53.0 Å².